The van der Waals surface area contributed by atoms with E-state index in [1.54, 1.807) is 30.3 Å². The minimum Gasteiger partial charge on any atom is -0.467 e. The summed E-state index contributed by atoms with van der Waals surface area (Å²) in [6.45, 7) is 0. The van der Waals surface area contributed by atoms with Gasteiger partial charge in [-0.3, -0.25) is 9.00 Å². The van der Waals surface area contributed by atoms with Crippen LogP contribution in [-0.4, -0.2) is 35.0 Å². The molecule has 1 N–H and O–H groups in total. The Kier molecular flexibility index (Phi) is 7.95. The van der Waals surface area contributed by atoms with Crippen molar-refractivity contribution in [2.45, 2.75) is 30.0 Å². The maximum Gasteiger partial charge on any atom is 0.416 e. The van der Waals surface area contributed by atoms with Crippen LogP contribution in [0.5, 0.6) is 0 Å². The highest BCUT2D eigenvalue weighted by atomic mass is 32.2. The van der Waals surface area contributed by atoms with Crippen molar-refractivity contribution in [2.24, 2.45) is 0 Å². The van der Waals surface area contributed by atoms with Gasteiger partial charge in [0.2, 0.25) is 5.91 Å². The van der Waals surface area contributed by atoms with Crippen molar-refractivity contribution in [2.75, 3.05) is 12.9 Å². The molecule has 5 nitrogen and oxygen atoms in total. The zero-order valence-electron chi connectivity index (χ0n) is 15.6. The van der Waals surface area contributed by atoms with Gasteiger partial charge in [-0.05, 0) is 36.2 Å². The van der Waals surface area contributed by atoms with Crippen molar-refractivity contribution in [1.82, 2.24) is 5.32 Å². The van der Waals surface area contributed by atoms with Crippen LogP contribution >= 0.6 is 0 Å². The highest BCUT2D eigenvalue weighted by Gasteiger charge is 2.30. The SMILES string of the molecule is COC(=O)[C@@H](CC[S@](=O)c1ccccc1)NC(=O)Cc1ccc(C(F)(F)F)cc1. The summed E-state index contributed by atoms with van der Waals surface area (Å²) in [5.74, 6) is -1.11. The second-order valence-electron chi connectivity index (χ2n) is 6.17. The van der Waals surface area contributed by atoms with Crippen LogP contribution in [0.25, 0.3) is 0 Å². The molecule has 0 radical (unpaired) electrons. The van der Waals surface area contributed by atoms with E-state index < -0.39 is 40.5 Å². The van der Waals surface area contributed by atoms with Gasteiger partial charge in [0.1, 0.15) is 6.04 Å². The van der Waals surface area contributed by atoms with E-state index >= 15 is 0 Å². The van der Waals surface area contributed by atoms with E-state index in [1.807, 2.05) is 0 Å². The lowest BCUT2D eigenvalue weighted by Gasteiger charge is -2.16. The summed E-state index contributed by atoms with van der Waals surface area (Å²) in [4.78, 5) is 24.8. The number of hydrogen-bond acceptors (Lipinski definition) is 4. The van der Waals surface area contributed by atoms with Crippen molar-refractivity contribution in [1.29, 1.82) is 0 Å². The number of amides is 1. The second-order valence-corrected chi connectivity index (χ2v) is 7.74. The molecular formula is C20H20F3NO4S. The van der Waals surface area contributed by atoms with Crippen molar-refractivity contribution in [3.8, 4) is 0 Å². The van der Waals surface area contributed by atoms with Gasteiger partial charge in [-0.25, -0.2) is 4.79 Å². The van der Waals surface area contributed by atoms with Crippen LogP contribution in [0.4, 0.5) is 13.2 Å². The molecule has 156 valence electrons. The molecule has 2 aromatic rings. The normalized spacial score (nSPS) is 13.4. The van der Waals surface area contributed by atoms with E-state index in [0.717, 1.165) is 12.1 Å². The predicted molar refractivity (Wildman–Crippen MR) is 101 cm³/mol. The number of nitrogens with one attached hydrogen (secondary N) is 1. The number of alkyl halides is 3. The van der Waals surface area contributed by atoms with E-state index in [9.17, 15) is 27.0 Å². The van der Waals surface area contributed by atoms with Crippen molar-refractivity contribution < 1.29 is 31.7 Å². The molecule has 0 aromatic heterocycles. The number of ether oxygens (including phenoxy) is 1. The van der Waals surface area contributed by atoms with Crippen LogP contribution in [0.2, 0.25) is 0 Å². The number of hydrogen-bond donors (Lipinski definition) is 1. The molecule has 0 aliphatic rings. The van der Waals surface area contributed by atoms with E-state index in [2.05, 4.69) is 10.1 Å². The first kappa shape index (κ1) is 22.6. The molecule has 9 heteroatoms. The van der Waals surface area contributed by atoms with E-state index in [-0.39, 0.29) is 18.6 Å². The minimum absolute atomic E-state index is 0.0902. The minimum atomic E-state index is -4.45. The molecule has 0 fully saturated rings. The Morgan fingerprint density at radius 3 is 2.24 bits per heavy atom. The largest absolute Gasteiger partial charge is 0.467 e. The van der Waals surface area contributed by atoms with Crippen LogP contribution in [0.15, 0.2) is 59.5 Å². The summed E-state index contributed by atoms with van der Waals surface area (Å²) in [6.07, 6.45) is -4.56. The summed E-state index contributed by atoms with van der Waals surface area (Å²) in [7, 11) is -0.180. The number of halogens is 3. The van der Waals surface area contributed by atoms with Crippen LogP contribution in [0.3, 0.4) is 0 Å². The molecule has 1 amide bonds. The van der Waals surface area contributed by atoms with Gasteiger partial charge in [0.05, 0.1) is 29.9 Å². The molecule has 29 heavy (non-hydrogen) atoms. The number of rotatable bonds is 8. The zero-order valence-corrected chi connectivity index (χ0v) is 16.4. The number of carbonyl (C=O) groups is 2. The maximum absolute atomic E-state index is 12.6. The van der Waals surface area contributed by atoms with Gasteiger partial charge in [0.25, 0.3) is 0 Å². The first-order valence-electron chi connectivity index (χ1n) is 8.67. The van der Waals surface area contributed by atoms with Crippen LogP contribution in [0, 0.1) is 0 Å². The fourth-order valence-corrected chi connectivity index (χ4v) is 3.69. The maximum atomic E-state index is 12.6. The standard InChI is InChI=1S/C20H20F3NO4S/c1-28-19(26)17(11-12-29(27)16-5-3-2-4-6-16)24-18(25)13-14-7-9-15(10-8-14)20(21,22)23/h2-10,17H,11-13H2,1H3,(H,24,25)/t17-,29+/m1/s1. The summed E-state index contributed by atoms with van der Waals surface area (Å²) in [6, 6.07) is 11.9. The molecule has 0 saturated carbocycles. The van der Waals surface area contributed by atoms with E-state index in [0.29, 0.717) is 10.5 Å². The quantitative estimate of drug-likeness (QED) is 0.657. The number of esters is 1. The lowest BCUT2D eigenvalue weighted by atomic mass is 10.1. The number of methoxy groups -OCH3 is 1. The third-order valence-electron chi connectivity index (χ3n) is 4.06. The monoisotopic (exact) mass is 427 g/mol. The predicted octanol–water partition coefficient (Wildman–Crippen LogP) is 3.10. The highest BCUT2D eigenvalue weighted by molar-refractivity contribution is 7.85. The Hall–Kier alpha value is -2.68. The Labute approximate surface area is 168 Å². The van der Waals surface area contributed by atoms with E-state index in [1.165, 1.54) is 19.2 Å². The number of carbonyl (C=O) groups excluding carboxylic acids is 2. The molecule has 0 saturated heterocycles. The van der Waals surface area contributed by atoms with Gasteiger partial charge >= 0.3 is 12.1 Å². The third-order valence-corrected chi connectivity index (χ3v) is 5.47. The molecule has 0 unspecified atom stereocenters. The third kappa shape index (κ3) is 7.01. The van der Waals surface area contributed by atoms with Gasteiger partial charge in [-0.2, -0.15) is 13.2 Å². The molecule has 2 atom stereocenters. The highest BCUT2D eigenvalue weighted by Crippen LogP contribution is 2.29. The fraction of sp³-hybridized carbons (Fsp3) is 0.300. The molecule has 0 aliphatic heterocycles. The topological polar surface area (TPSA) is 72.5 Å². The van der Waals surface area contributed by atoms with Crippen molar-refractivity contribution >= 4 is 22.7 Å². The van der Waals surface area contributed by atoms with Gasteiger partial charge in [0, 0.05) is 10.6 Å². The molecule has 0 heterocycles. The first-order valence-corrected chi connectivity index (χ1v) is 9.99. The zero-order chi connectivity index (χ0) is 21.4. The van der Waals surface area contributed by atoms with Crippen LogP contribution in [0.1, 0.15) is 17.5 Å². The Balaban J connectivity index is 1.96. The fourth-order valence-electron chi connectivity index (χ4n) is 2.55. The van der Waals surface area contributed by atoms with Gasteiger partial charge in [0.15, 0.2) is 0 Å². The lowest BCUT2D eigenvalue weighted by Crippen LogP contribution is -2.43. The molecule has 0 bridgehead atoms. The second kappa shape index (κ2) is 10.2. The first-order chi connectivity index (χ1) is 13.7. The molecule has 0 spiro atoms. The molecular weight excluding hydrogens is 407 g/mol. The Morgan fingerprint density at radius 2 is 1.69 bits per heavy atom. The van der Waals surface area contributed by atoms with Crippen LogP contribution < -0.4 is 5.32 Å². The van der Waals surface area contributed by atoms with Gasteiger partial charge < -0.3 is 10.1 Å². The van der Waals surface area contributed by atoms with Gasteiger partial charge in [-0.15, -0.1) is 0 Å². The molecule has 2 rings (SSSR count). The lowest BCUT2D eigenvalue weighted by molar-refractivity contribution is -0.145. The van der Waals surface area contributed by atoms with Crippen molar-refractivity contribution in [3.05, 3.63) is 65.7 Å². The van der Waals surface area contributed by atoms with E-state index in [4.69, 9.17) is 0 Å². The summed E-state index contributed by atoms with van der Waals surface area (Å²) in [5, 5.41) is 2.50. The number of benzene rings is 2. The average Bonchev–Trinajstić information content (AvgIpc) is 2.70. The molecule has 0 aliphatic carbocycles. The smallest absolute Gasteiger partial charge is 0.416 e. The summed E-state index contributed by atoms with van der Waals surface area (Å²) in [5.41, 5.74) is -0.440. The Morgan fingerprint density at radius 1 is 1.07 bits per heavy atom. The Bertz CT molecular complexity index is 854. The van der Waals surface area contributed by atoms with Crippen LogP contribution in [-0.2, 0) is 37.7 Å². The van der Waals surface area contributed by atoms with Gasteiger partial charge in [-0.1, -0.05) is 30.3 Å². The molecule has 2 aromatic carbocycles. The summed E-state index contributed by atoms with van der Waals surface area (Å²) < 4.78 is 54.8. The van der Waals surface area contributed by atoms with Crippen molar-refractivity contribution in [3.63, 3.8) is 0 Å². The average molecular weight is 427 g/mol. The summed E-state index contributed by atoms with van der Waals surface area (Å²) >= 11 is 0.